The molecule has 0 atom stereocenters. The second kappa shape index (κ2) is 21.6. The molecule has 8 aromatic rings. The summed E-state index contributed by atoms with van der Waals surface area (Å²) in [7, 11) is 0. The highest BCUT2D eigenvalue weighted by Crippen LogP contribution is 2.27. The molecule has 2 heterocycles. The molecule has 59 heavy (non-hydrogen) atoms. The van der Waals surface area contributed by atoms with Crippen molar-refractivity contribution in [3.63, 3.8) is 0 Å². The SMILES string of the molecule is Fc1cc(Br)ccc1N(Cc1ccccc1)Cc1ccccc1.O=c1cccc[nH]1.O=c1ccccn1-c1ccc(N(Cc2ccccc2)Cc2ccccc2)c(F)c1. The molecule has 1 N–H and O–H groups in total. The van der Waals surface area contributed by atoms with Crippen molar-refractivity contribution in [1.82, 2.24) is 9.55 Å². The summed E-state index contributed by atoms with van der Waals surface area (Å²) >= 11 is 3.32. The van der Waals surface area contributed by atoms with Crippen LogP contribution in [0.4, 0.5) is 20.2 Å². The van der Waals surface area contributed by atoms with Crippen LogP contribution in [0.2, 0.25) is 0 Å². The van der Waals surface area contributed by atoms with Crippen LogP contribution in [0.25, 0.3) is 5.69 Å². The maximum absolute atomic E-state index is 15.2. The molecule has 0 amide bonds. The monoisotopic (exact) mass is 848 g/mol. The number of benzene rings is 6. The number of hydrogen-bond donors (Lipinski definition) is 1. The summed E-state index contributed by atoms with van der Waals surface area (Å²) in [5.74, 6) is -0.573. The molecule has 8 rings (SSSR count). The first-order chi connectivity index (χ1) is 28.8. The summed E-state index contributed by atoms with van der Waals surface area (Å²) in [5, 5.41) is 0. The molecular formula is C50H43BrF2N4O2. The van der Waals surface area contributed by atoms with Crippen molar-refractivity contribution in [3.8, 4) is 5.69 Å². The smallest absolute Gasteiger partial charge is 0.255 e. The molecule has 0 aliphatic carbocycles. The van der Waals surface area contributed by atoms with Crippen LogP contribution in [0.3, 0.4) is 0 Å². The fraction of sp³-hybridized carbons (Fsp3) is 0.0800. The van der Waals surface area contributed by atoms with Crippen LogP contribution in [-0.2, 0) is 26.2 Å². The second-order valence-electron chi connectivity index (χ2n) is 13.5. The van der Waals surface area contributed by atoms with E-state index in [2.05, 4.69) is 50.1 Å². The van der Waals surface area contributed by atoms with E-state index in [1.54, 1.807) is 48.8 Å². The first-order valence-electron chi connectivity index (χ1n) is 19.0. The van der Waals surface area contributed by atoms with Crippen molar-refractivity contribution < 1.29 is 8.78 Å². The van der Waals surface area contributed by atoms with Crippen molar-refractivity contribution in [2.75, 3.05) is 9.80 Å². The maximum atomic E-state index is 15.2. The van der Waals surface area contributed by atoms with E-state index in [-0.39, 0.29) is 22.8 Å². The van der Waals surface area contributed by atoms with Gasteiger partial charge in [0, 0.05) is 61.2 Å². The molecule has 0 aliphatic rings. The van der Waals surface area contributed by atoms with Gasteiger partial charge in [-0.3, -0.25) is 14.2 Å². The quantitative estimate of drug-likeness (QED) is 0.141. The van der Waals surface area contributed by atoms with Gasteiger partial charge in [-0.2, -0.15) is 0 Å². The lowest BCUT2D eigenvalue weighted by Gasteiger charge is -2.26. The number of hydrogen-bond acceptors (Lipinski definition) is 4. The Morgan fingerprint density at radius 2 is 0.898 bits per heavy atom. The number of aromatic amines is 1. The van der Waals surface area contributed by atoms with Gasteiger partial charge in [-0.15, -0.1) is 0 Å². The van der Waals surface area contributed by atoms with Crippen molar-refractivity contribution in [2.45, 2.75) is 26.2 Å². The van der Waals surface area contributed by atoms with Gasteiger partial charge in [-0.05, 0) is 64.7 Å². The summed E-state index contributed by atoms with van der Waals surface area (Å²) in [5.41, 5.74) is 5.91. The molecule has 6 aromatic carbocycles. The van der Waals surface area contributed by atoms with E-state index < -0.39 is 0 Å². The molecule has 0 unspecified atom stereocenters. The number of H-pyrrole nitrogens is 1. The number of nitrogens with one attached hydrogen (secondary N) is 1. The Morgan fingerprint density at radius 3 is 1.27 bits per heavy atom. The lowest BCUT2D eigenvalue weighted by molar-refractivity contribution is 0.613. The summed E-state index contributed by atoms with van der Waals surface area (Å²) in [6.45, 7) is 2.48. The number of nitrogens with zero attached hydrogens (tertiary/aromatic N) is 3. The highest BCUT2D eigenvalue weighted by atomic mass is 79.9. The van der Waals surface area contributed by atoms with Crippen molar-refractivity contribution in [2.24, 2.45) is 0 Å². The lowest BCUT2D eigenvalue weighted by Crippen LogP contribution is -2.23. The summed E-state index contributed by atoms with van der Waals surface area (Å²) in [6.07, 6.45) is 3.24. The average molecular weight is 850 g/mol. The minimum atomic E-state index is -0.356. The van der Waals surface area contributed by atoms with Gasteiger partial charge in [-0.25, -0.2) is 8.78 Å². The van der Waals surface area contributed by atoms with Crippen LogP contribution in [0.1, 0.15) is 22.3 Å². The fourth-order valence-electron chi connectivity index (χ4n) is 6.33. The number of rotatable bonds is 11. The van der Waals surface area contributed by atoms with Crippen molar-refractivity contribution >= 4 is 27.3 Å². The zero-order valence-electron chi connectivity index (χ0n) is 32.3. The van der Waals surface area contributed by atoms with Crippen LogP contribution in [0, 0.1) is 11.6 Å². The number of anilines is 2. The molecule has 2 aromatic heterocycles. The fourth-order valence-corrected chi connectivity index (χ4v) is 6.66. The Bertz CT molecular complexity index is 2510. The Morgan fingerprint density at radius 1 is 0.475 bits per heavy atom. The molecule has 296 valence electrons. The molecule has 6 nitrogen and oxygen atoms in total. The molecule has 0 fully saturated rings. The lowest BCUT2D eigenvalue weighted by atomic mass is 10.1. The third-order valence-corrected chi connectivity index (χ3v) is 9.66. The van der Waals surface area contributed by atoms with E-state index in [1.165, 1.54) is 28.8 Å². The number of aromatic nitrogens is 2. The number of pyridine rings is 2. The van der Waals surface area contributed by atoms with Crippen LogP contribution >= 0.6 is 15.9 Å². The van der Waals surface area contributed by atoms with Crippen LogP contribution in [0.15, 0.2) is 221 Å². The van der Waals surface area contributed by atoms with Gasteiger partial charge in [-0.1, -0.05) is 149 Å². The Labute approximate surface area is 351 Å². The summed E-state index contributed by atoms with van der Waals surface area (Å²) < 4.78 is 31.8. The van der Waals surface area contributed by atoms with E-state index in [0.717, 1.165) is 26.7 Å². The van der Waals surface area contributed by atoms with E-state index >= 15 is 4.39 Å². The molecule has 0 saturated heterocycles. The zero-order valence-corrected chi connectivity index (χ0v) is 33.8. The Kier molecular flexibility index (Phi) is 15.3. The molecular weight excluding hydrogens is 806 g/mol. The minimum Gasteiger partial charge on any atom is -0.361 e. The average Bonchev–Trinajstić information content (AvgIpc) is 3.26. The van der Waals surface area contributed by atoms with Gasteiger partial charge in [0.1, 0.15) is 11.6 Å². The van der Waals surface area contributed by atoms with Crippen molar-refractivity contribution in [1.29, 1.82) is 0 Å². The Hall–Kier alpha value is -6.84. The predicted octanol–water partition coefficient (Wildman–Crippen LogP) is 11.4. The van der Waals surface area contributed by atoms with Crippen LogP contribution in [-0.4, -0.2) is 9.55 Å². The van der Waals surface area contributed by atoms with E-state index in [4.69, 9.17) is 0 Å². The first-order valence-corrected chi connectivity index (χ1v) is 19.8. The highest BCUT2D eigenvalue weighted by Gasteiger charge is 2.16. The third-order valence-electron chi connectivity index (χ3n) is 9.17. The van der Waals surface area contributed by atoms with E-state index in [0.29, 0.717) is 43.2 Å². The van der Waals surface area contributed by atoms with Gasteiger partial charge in [0.25, 0.3) is 5.56 Å². The van der Waals surface area contributed by atoms with Gasteiger partial charge >= 0.3 is 0 Å². The first kappa shape index (κ1) is 41.8. The second-order valence-corrected chi connectivity index (χ2v) is 14.4. The molecule has 0 saturated carbocycles. The summed E-state index contributed by atoms with van der Waals surface area (Å²) in [4.78, 5) is 28.8. The molecule has 0 radical (unpaired) electrons. The van der Waals surface area contributed by atoms with Crippen LogP contribution < -0.4 is 20.9 Å². The standard InChI is InChI=1S/C25H21FN2O.C20H17BrFN.C5H5NO/c26-23-17-22(28-16-8-7-13-25(28)29)14-15-24(23)27(18-20-9-3-1-4-10-20)19-21-11-5-2-6-12-21;21-18-11-12-20(19(22)13-18)23(14-16-7-3-1-4-8-16)15-17-9-5-2-6-10-17;7-5-3-1-2-4-6-5/h1-17H,18-19H2;1-13H,14-15H2;1-4H,(H,6,7). The van der Waals surface area contributed by atoms with Crippen LogP contribution in [0.5, 0.6) is 0 Å². The van der Waals surface area contributed by atoms with E-state index in [1.807, 2.05) is 114 Å². The van der Waals surface area contributed by atoms with Crippen molar-refractivity contribution in [3.05, 3.63) is 266 Å². The normalized spacial score (nSPS) is 10.4. The topological polar surface area (TPSA) is 61.3 Å². The third kappa shape index (κ3) is 12.8. The summed E-state index contributed by atoms with van der Waals surface area (Å²) in [6, 6.07) is 60.3. The van der Waals surface area contributed by atoms with Gasteiger partial charge < -0.3 is 14.8 Å². The van der Waals surface area contributed by atoms with Gasteiger partial charge in [0.15, 0.2) is 0 Å². The van der Waals surface area contributed by atoms with Gasteiger partial charge in [0.2, 0.25) is 5.56 Å². The Balaban J connectivity index is 0.000000173. The maximum Gasteiger partial charge on any atom is 0.255 e. The number of halogens is 3. The largest absolute Gasteiger partial charge is 0.361 e. The zero-order chi connectivity index (χ0) is 41.2. The predicted molar refractivity (Wildman–Crippen MR) is 239 cm³/mol. The highest BCUT2D eigenvalue weighted by molar-refractivity contribution is 9.10. The molecule has 0 spiro atoms. The molecule has 0 aliphatic heterocycles. The molecule has 0 bridgehead atoms. The minimum absolute atomic E-state index is 0.0532. The molecule has 9 heteroatoms. The van der Waals surface area contributed by atoms with Gasteiger partial charge in [0.05, 0.1) is 17.1 Å². The van der Waals surface area contributed by atoms with E-state index in [9.17, 15) is 14.0 Å².